The van der Waals surface area contributed by atoms with Gasteiger partial charge in [0, 0.05) is 16.5 Å². The fraction of sp³-hybridized carbons (Fsp3) is 0.357. The Labute approximate surface area is 116 Å². The molecule has 0 aliphatic heterocycles. The zero-order valence-electron chi connectivity index (χ0n) is 11.7. The van der Waals surface area contributed by atoms with E-state index in [0.717, 1.165) is 10.9 Å². The second kappa shape index (κ2) is 4.96. The molecular formula is C14H17N3O3. The number of nitrogens with one attached hydrogen (secondary N) is 1. The summed E-state index contributed by atoms with van der Waals surface area (Å²) in [6, 6.07) is 5.14. The Kier molecular flexibility index (Phi) is 3.48. The van der Waals surface area contributed by atoms with Gasteiger partial charge in [-0.15, -0.1) is 0 Å². The summed E-state index contributed by atoms with van der Waals surface area (Å²) >= 11 is 0. The van der Waals surface area contributed by atoms with E-state index in [1.54, 1.807) is 24.4 Å². The molecule has 0 saturated heterocycles. The van der Waals surface area contributed by atoms with E-state index >= 15 is 0 Å². The zero-order chi connectivity index (χ0) is 14.9. The fourth-order valence-electron chi connectivity index (χ4n) is 1.98. The minimum Gasteiger partial charge on any atom is -0.480 e. The molecule has 6 heteroatoms. The molecule has 2 rings (SSSR count). The molecule has 2 N–H and O–H groups in total. The topological polar surface area (TPSA) is 86.3 Å². The Morgan fingerprint density at radius 2 is 2.05 bits per heavy atom. The summed E-state index contributed by atoms with van der Waals surface area (Å²) in [6.45, 7) is 5.10. The quantitative estimate of drug-likeness (QED) is 0.895. The van der Waals surface area contributed by atoms with E-state index in [0.29, 0.717) is 5.56 Å². The molecule has 6 nitrogen and oxygen atoms in total. The van der Waals surface area contributed by atoms with Crippen LogP contribution in [-0.2, 0) is 4.79 Å². The van der Waals surface area contributed by atoms with Gasteiger partial charge in [0.25, 0.3) is 5.91 Å². The summed E-state index contributed by atoms with van der Waals surface area (Å²) in [5.74, 6) is -1.33. The number of amides is 1. The van der Waals surface area contributed by atoms with Crippen LogP contribution in [-0.4, -0.2) is 44.2 Å². The molecule has 0 aliphatic carbocycles. The molecule has 1 amide bonds. The normalized spacial score (nSPS) is 11.6. The largest absolute Gasteiger partial charge is 0.480 e. The highest BCUT2D eigenvalue weighted by Gasteiger charge is 2.29. The van der Waals surface area contributed by atoms with Crippen LogP contribution in [0.15, 0.2) is 24.4 Å². The van der Waals surface area contributed by atoms with E-state index in [9.17, 15) is 9.59 Å². The van der Waals surface area contributed by atoms with Crippen LogP contribution in [0.25, 0.3) is 10.9 Å². The minimum atomic E-state index is -1.03. The maximum Gasteiger partial charge on any atom is 0.323 e. The number of carboxylic acids is 1. The number of nitrogens with zero attached hydrogens (tertiary/aromatic N) is 2. The van der Waals surface area contributed by atoms with Gasteiger partial charge in [-0.2, -0.15) is 5.10 Å². The Balaban J connectivity index is 2.37. The van der Waals surface area contributed by atoms with E-state index in [4.69, 9.17) is 5.11 Å². The van der Waals surface area contributed by atoms with Crippen molar-refractivity contribution in [1.29, 1.82) is 0 Å². The average molecular weight is 275 g/mol. The molecule has 1 heterocycles. The third kappa shape index (κ3) is 2.79. The lowest BCUT2D eigenvalue weighted by atomic mass is 10.0. The number of aromatic amines is 1. The fourth-order valence-corrected chi connectivity index (χ4v) is 1.98. The highest BCUT2D eigenvalue weighted by Crippen LogP contribution is 2.19. The first-order valence-electron chi connectivity index (χ1n) is 6.26. The van der Waals surface area contributed by atoms with E-state index in [1.165, 1.54) is 4.90 Å². The Hall–Kier alpha value is -2.37. The van der Waals surface area contributed by atoms with Gasteiger partial charge in [-0.1, -0.05) is 0 Å². The Morgan fingerprint density at radius 1 is 1.35 bits per heavy atom. The maximum absolute atomic E-state index is 12.5. The molecule has 0 unspecified atom stereocenters. The first-order chi connectivity index (χ1) is 9.29. The van der Waals surface area contributed by atoms with Crippen LogP contribution in [0.4, 0.5) is 0 Å². The van der Waals surface area contributed by atoms with Gasteiger partial charge in [0.1, 0.15) is 6.54 Å². The van der Waals surface area contributed by atoms with Crippen LogP contribution in [0.3, 0.4) is 0 Å². The summed E-state index contributed by atoms with van der Waals surface area (Å²) in [5, 5.41) is 16.5. The molecule has 0 atom stereocenters. The number of hydrogen-bond acceptors (Lipinski definition) is 3. The second-order valence-corrected chi connectivity index (χ2v) is 5.63. The molecule has 1 aromatic heterocycles. The number of aliphatic carboxylic acids is 1. The van der Waals surface area contributed by atoms with E-state index in [2.05, 4.69) is 10.2 Å². The van der Waals surface area contributed by atoms with Gasteiger partial charge in [0.05, 0.1) is 11.7 Å². The molecule has 0 aliphatic rings. The van der Waals surface area contributed by atoms with E-state index < -0.39 is 11.5 Å². The highest BCUT2D eigenvalue weighted by atomic mass is 16.4. The number of carboxylic acid groups (broad SMARTS) is 1. The summed E-state index contributed by atoms with van der Waals surface area (Å²) in [5.41, 5.74) is 0.720. The van der Waals surface area contributed by atoms with E-state index in [-0.39, 0.29) is 12.5 Å². The lowest BCUT2D eigenvalue weighted by Gasteiger charge is -2.34. The molecule has 1 aromatic carbocycles. The third-order valence-corrected chi connectivity index (χ3v) is 3.04. The van der Waals surface area contributed by atoms with Gasteiger partial charge in [-0.25, -0.2) is 0 Å². The Bertz CT molecular complexity index is 655. The number of carbonyl (C=O) groups excluding carboxylic acids is 1. The number of rotatable bonds is 3. The van der Waals surface area contributed by atoms with Crippen LogP contribution >= 0.6 is 0 Å². The van der Waals surface area contributed by atoms with Crippen molar-refractivity contribution in [3.05, 3.63) is 30.0 Å². The molecule has 0 saturated carbocycles. The van der Waals surface area contributed by atoms with Crippen LogP contribution in [0.5, 0.6) is 0 Å². The lowest BCUT2D eigenvalue weighted by molar-refractivity contribution is -0.138. The highest BCUT2D eigenvalue weighted by molar-refractivity contribution is 5.99. The SMILES string of the molecule is CC(C)(C)N(CC(=O)O)C(=O)c1ccc2[nH]ncc2c1. The van der Waals surface area contributed by atoms with Crippen molar-refractivity contribution >= 4 is 22.8 Å². The molecular weight excluding hydrogens is 258 g/mol. The molecule has 106 valence electrons. The molecule has 0 spiro atoms. The molecule has 0 bridgehead atoms. The van der Waals surface area contributed by atoms with Gasteiger partial charge in [0.2, 0.25) is 0 Å². The van der Waals surface area contributed by atoms with Crippen molar-refractivity contribution in [2.75, 3.05) is 6.54 Å². The number of fused-ring (bicyclic) bond motifs is 1. The van der Waals surface area contributed by atoms with Gasteiger partial charge in [-0.05, 0) is 39.0 Å². The van der Waals surface area contributed by atoms with Gasteiger partial charge < -0.3 is 10.0 Å². The number of H-pyrrole nitrogens is 1. The molecule has 0 fully saturated rings. The van der Waals surface area contributed by atoms with Crippen molar-refractivity contribution in [2.45, 2.75) is 26.3 Å². The average Bonchev–Trinajstić information content (AvgIpc) is 2.80. The van der Waals surface area contributed by atoms with E-state index in [1.807, 2.05) is 20.8 Å². The summed E-state index contributed by atoms with van der Waals surface area (Å²) in [6.07, 6.45) is 1.63. The van der Waals surface area contributed by atoms with Crippen molar-refractivity contribution < 1.29 is 14.7 Å². The van der Waals surface area contributed by atoms with Crippen LogP contribution < -0.4 is 0 Å². The third-order valence-electron chi connectivity index (χ3n) is 3.04. The number of carbonyl (C=O) groups is 2. The second-order valence-electron chi connectivity index (χ2n) is 5.63. The summed E-state index contributed by atoms with van der Waals surface area (Å²) < 4.78 is 0. The maximum atomic E-state index is 12.5. The first-order valence-corrected chi connectivity index (χ1v) is 6.26. The molecule has 2 aromatic rings. The minimum absolute atomic E-state index is 0.303. The standard InChI is InChI=1S/C14H17N3O3/c1-14(2,3)17(8-12(18)19)13(20)9-4-5-11-10(6-9)7-15-16-11/h4-7H,8H2,1-3H3,(H,15,16)(H,18,19). The molecule has 20 heavy (non-hydrogen) atoms. The molecule has 0 radical (unpaired) electrons. The predicted molar refractivity (Wildman–Crippen MR) is 74.5 cm³/mol. The van der Waals surface area contributed by atoms with Crippen molar-refractivity contribution in [3.63, 3.8) is 0 Å². The number of hydrogen-bond donors (Lipinski definition) is 2. The number of aromatic nitrogens is 2. The summed E-state index contributed by atoms with van der Waals surface area (Å²) in [7, 11) is 0. The van der Waals surface area contributed by atoms with Crippen molar-refractivity contribution in [1.82, 2.24) is 15.1 Å². The van der Waals surface area contributed by atoms with Crippen LogP contribution in [0.1, 0.15) is 31.1 Å². The Morgan fingerprint density at radius 3 is 2.65 bits per heavy atom. The lowest BCUT2D eigenvalue weighted by Crippen LogP contribution is -2.48. The van der Waals surface area contributed by atoms with Crippen molar-refractivity contribution in [2.24, 2.45) is 0 Å². The van der Waals surface area contributed by atoms with Gasteiger partial charge in [0.15, 0.2) is 0 Å². The number of benzene rings is 1. The zero-order valence-corrected chi connectivity index (χ0v) is 11.7. The van der Waals surface area contributed by atoms with Crippen molar-refractivity contribution in [3.8, 4) is 0 Å². The summed E-state index contributed by atoms with van der Waals surface area (Å²) in [4.78, 5) is 24.8. The van der Waals surface area contributed by atoms with Gasteiger partial charge >= 0.3 is 5.97 Å². The van der Waals surface area contributed by atoms with Crippen LogP contribution in [0.2, 0.25) is 0 Å². The predicted octanol–water partition coefficient (Wildman–Crippen LogP) is 1.89. The smallest absolute Gasteiger partial charge is 0.323 e. The van der Waals surface area contributed by atoms with Crippen LogP contribution in [0, 0.1) is 0 Å². The monoisotopic (exact) mass is 275 g/mol. The first kappa shape index (κ1) is 14.0. The van der Waals surface area contributed by atoms with Gasteiger partial charge in [-0.3, -0.25) is 14.7 Å².